The number of hydrogen-bond donors (Lipinski definition) is 1. The second-order valence-electron chi connectivity index (χ2n) is 11.6. The summed E-state index contributed by atoms with van der Waals surface area (Å²) in [6.07, 6.45) is 1.93. The van der Waals surface area contributed by atoms with Gasteiger partial charge in [0.25, 0.3) is 5.91 Å². The molecular formula is C32H41N3O2S. The zero-order valence-corrected chi connectivity index (χ0v) is 24.2. The Bertz CT molecular complexity index is 1260. The Balaban J connectivity index is 1.19. The molecule has 0 saturated carbocycles. The monoisotopic (exact) mass is 531 g/mol. The van der Waals surface area contributed by atoms with Crippen LogP contribution in [0.3, 0.4) is 0 Å². The van der Waals surface area contributed by atoms with Crippen LogP contribution in [0.4, 0.5) is 0 Å². The lowest BCUT2D eigenvalue weighted by Gasteiger charge is -2.52. The van der Waals surface area contributed by atoms with E-state index in [1.807, 2.05) is 4.90 Å². The van der Waals surface area contributed by atoms with Crippen LogP contribution >= 0.6 is 11.3 Å². The van der Waals surface area contributed by atoms with Crippen molar-refractivity contribution in [3.05, 3.63) is 75.5 Å². The number of carbonyl (C=O) groups is 1. The predicted molar refractivity (Wildman–Crippen MR) is 157 cm³/mol. The van der Waals surface area contributed by atoms with Crippen LogP contribution in [-0.2, 0) is 0 Å². The third kappa shape index (κ3) is 5.40. The van der Waals surface area contributed by atoms with Crippen molar-refractivity contribution in [2.45, 2.75) is 65.1 Å². The van der Waals surface area contributed by atoms with Crippen molar-refractivity contribution in [3.8, 4) is 16.9 Å². The topological polar surface area (TPSA) is 47.0 Å². The summed E-state index contributed by atoms with van der Waals surface area (Å²) in [5, 5.41) is 11.8. The molecule has 0 spiro atoms. The minimum Gasteiger partial charge on any atom is -0.506 e. The van der Waals surface area contributed by atoms with E-state index in [2.05, 4.69) is 86.9 Å². The fourth-order valence-corrected chi connectivity index (χ4v) is 7.19. The van der Waals surface area contributed by atoms with Crippen molar-refractivity contribution in [3.63, 3.8) is 0 Å². The minimum absolute atomic E-state index is 0.0323. The van der Waals surface area contributed by atoms with Crippen LogP contribution in [0.15, 0.2) is 53.9 Å². The number of carbonyl (C=O) groups excluding carboxylic acids is 1. The van der Waals surface area contributed by atoms with Gasteiger partial charge in [0.1, 0.15) is 10.6 Å². The Morgan fingerprint density at radius 1 is 0.974 bits per heavy atom. The van der Waals surface area contributed by atoms with E-state index in [1.165, 1.54) is 39.2 Å². The summed E-state index contributed by atoms with van der Waals surface area (Å²) in [5.74, 6) is 0.0717. The molecule has 5 nitrogen and oxygen atoms in total. The zero-order valence-electron chi connectivity index (χ0n) is 23.4. The molecule has 0 unspecified atom stereocenters. The lowest BCUT2D eigenvalue weighted by atomic mass is 9.86. The molecule has 3 aromatic rings. The number of thiophene rings is 1. The fraction of sp³-hybridized carbons (Fsp3) is 0.469. The van der Waals surface area contributed by atoms with Crippen molar-refractivity contribution < 1.29 is 9.90 Å². The molecule has 0 radical (unpaired) electrons. The summed E-state index contributed by atoms with van der Waals surface area (Å²) in [6, 6.07) is 18.3. The highest BCUT2D eigenvalue weighted by Crippen LogP contribution is 2.35. The van der Waals surface area contributed by atoms with Crippen LogP contribution in [0.25, 0.3) is 11.1 Å². The number of aromatic hydroxyl groups is 1. The molecule has 3 heterocycles. The van der Waals surface area contributed by atoms with E-state index in [0.29, 0.717) is 17.0 Å². The molecule has 2 aromatic carbocycles. The largest absolute Gasteiger partial charge is 0.506 e. The van der Waals surface area contributed by atoms with Crippen molar-refractivity contribution in [1.82, 2.24) is 14.7 Å². The highest BCUT2D eigenvalue weighted by Gasteiger charge is 2.41. The van der Waals surface area contributed by atoms with Crippen LogP contribution in [-0.4, -0.2) is 70.0 Å². The molecule has 6 heteroatoms. The first-order valence-electron chi connectivity index (χ1n) is 13.9. The molecule has 1 N–H and O–H groups in total. The van der Waals surface area contributed by atoms with Crippen LogP contribution in [0.1, 0.15) is 66.0 Å². The number of amides is 1. The third-order valence-electron chi connectivity index (χ3n) is 8.85. The maximum Gasteiger partial charge on any atom is 0.267 e. The summed E-state index contributed by atoms with van der Waals surface area (Å²) < 4.78 is 0. The molecule has 1 aromatic heterocycles. The average Bonchev–Trinajstić information content (AvgIpc) is 3.33. The van der Waals surface area contributed by atoms with Crippen molar-refractivity contribution in [1.29, 1.82) is 0 Å². The van der Waals surface area contributed by atoms with Gasteiger partial charge in [0.15, 0.2) is 0 Å². The molecule has 2 aliphatic heterocycles. The van der Waals surface area contributed by atoms with E-state index < -0.39 is 0 Å². The Hall–Kier alpha value is -2.67. The Morgan fingerprint density at radius 3 is 2.21 bits per heavy atom. The van der Waals surface area contributed by atoms with Gasteiger partial charge in [-0.3, -0.25) is 14.6 Å². The molecule has 2 fully saturated rings. The third-order valence-corrected chi connectivity index (χ3v) is 9.75. The summed E-state index contributed by atoms with van der Waals surface area (Å²) in [6.45, 7) is 16.0. The van der Waals surface area contributed by atoms with Gasteiger partial charge < -0.3 is 10.0 Å². The van der Waals surface area contributed by atoms with Crippen molar-refractivity contribution in [2.75, 3.05) is 32.7 Å². The Kier molecular flexibility index (Phi) is 7.67. The summed E-state index contributed by atoms with van der Waals surface area (Å²) in [7, 11) is 0. The molecule has 2 atom stereocenters. The molecular weight excluding hydrogens is 490 g/mol. The number of hydrogen-bond acceptors (Lipinski definition) is 5. The standard InChI is InChI=1S/C32H41N3O2S/c1-22-18-23(2)20-28(19-22)27-8-6-26(7-9-27)25(4)35-16-15-34(21-24(35)3)32(5)11-13-33(14-12-32)31(37)30-29(36)10-17-38-30/h6-10,17-20,24-25,36H,11-16,21H2,1-5H3/t24-,25+/m1/s1. The van der Waals surface area contributed by atoms with E-state index in [-0.39, 0.29) is 17.2 Å². The van der Waals surface area contributed by atoms with Gasteiger partial charge in [0.2, 0.25) is 0 Å². The van der Waals surface area contributed by atoms with Crippen molar-refractivity contribution >= 4 is 17.2 Å². The van der Waals surface area contributed by atoms with Gasteiger partial charge in [-0.1, -0.05) is 53.6 Å². The first-order valence-corrected chi connectivity index (χ1v) is 14.8. The predicted octanol–water partition coefficient (Wildman–Crippen LogP) is 6.50. The van der Waals surface area contributed by atoms with Gasteiger partial charge in [-0.15, -0.1) is 11.3 Å². The number of benzene rings is 2. The summed E-state index contributed by atoms with van der Waals surface area (Å²) in [4.78, 5) is 20.5. The lowest BCUT2D eigenvalue weighted by Crippen LogP contribution is -2.62. The van der Waals surface area contributed by atoms with E-state index in [0.717, 1.165) is 45.6 Å². The number of likely N-dealkylation sites (tertiary alicyclic amines) is 1. The maximum absolute atomic E-state index is 12.9. The van der Waals surface area contributed by atoms with Gasteiger partial charge in [-0.2, -0.15) is 0 Å². The molecule has 2 saturated heterocycles. The molecule has 2 aliphatic rings. The van der Waals surface area contributed by atoms with Gasteiger partial charge in [0.05, 0.1) is 0 Å². The first-order chi connectivity index (χ1) is 18.1. The zero-order chi connectivity index (χ0) is 27.0. The molecule has 0 aliphatic carbocycles. The summed E-state index contributed by atoms with van der Waals surface area (Å²) in [5.41, 5.74) is 6.64. The van der Waals surface area contributed by atoms with Crippen molar-refractivity contribution in [2.24, 2.45) is 0 Å². The highest BCUT2D eigenvalue weighted by atomic mass is 32.1. The average molecular weight is 532 g/mol. The Morgan fingerprint density at radius 2 is 1.63 bits per heavy atom. The minimum atomic E-state index is -0.0323. The maximum atomic E-state index is 12.9. The molecule has 5 rings (SSSR count). The number of nitrogens with zero attached hydrogens (tertiary/aromatic N) is 3. The van der Waals surface area contributed by atoms with Crippen LogP contribution in [0.2, 0.25) is 0 Å². The Labute approximate surface area is 231 Å². The van der Waals surface area contributed by atoms with Gasteiger partial charge in [-0.25, -0.2) is 0 Å². The van der Waals surface area contributed by atoms with E-state index >= 15 is 0 Å². The summed E-state index contributed by atoms with van der Waals surface area (Å²) >= 11 is 1.32. The molecule has 1 amide bonds. The van der Waals surface area contributed by atoms with Crippen LogP contribution in [0, 0.1) is 13.8 Å². The highest BCUT2D eigenvalue weighted by molar-refractivity contribution is 7.12. The van der Waals surface area contributed by atoms with Crippen LogP contribution in [0.5, 0.6) is 5.75 Å². The first kappa shape index (κ1) is 26.9. The SMILES string of the molecule is Cc1cc(C)cc(-c2ccc([C@H](C)N3CCN(C4(C)CCN(C(=O)c5sccc5O)CC4)C[C@H]3C)cc2)c1. The number of aryl methyl sites for hydroxylation is 2. The normalized spacial score (nSPS) is 21.4. The second kappa shape index (κ2) is 10.8. The number of piperidine rings is 1. The molecule has 202 valence electrons. The molecule has 0 bridgehead atoms. The van der Waals surface area contributed by atoms with Crippen LogP contribution < -0.4 is 0 Å². The van der Waals surface area contributed by atoms with E-state index in [1.54, 1.807) is 11.4 Å². The quantitative estimate of drug-likeness (QED) is 0.408. The van der Waals surface area contributed by atoms with Gasteiger partial charge in [-0.05, 0) is 75.6 Å². The van der Waals surface area contributed by atoms with E-state index in [9.17, 15) is 9.90 Å². The van der Waals surface area contributed by atoms with Gasteiger partial charge >= 0.3 is 0 Å². The molecule has 38 heavy (non-hydrogen) atoms. The lowest BCUT2D eigenvalue weighted by molar-refractivity contribution is -0.0277. The second-order valence-corrected chi connectivity index (χ2v) is 12.5. The smallest absolute Gasteiger partial charge is 0.267 e. The number of rotatable bonds is 5. The number of piperazine rings is 1. The van der Waals surface area contributed by atoms with E-state index in [4.69, 9.17) is 0 Å². The fourth-order valence-electron chi connectivity index (χ4n) is 6.44. The van der Waals surface area contributed by atoms with Gasteiger partial charge in [0, 0.05) is 50.3 Å².